The maximum Gasteiger partial charge on any atom is 0.274 e. The van der Waals surface area contributed by atoms with Gasteiger partial charge in [0.1, 0.15) is 22.4 Å². The molecule has 3 rings (SSSR count). The molecular weight excluding hydrogens is 385 g/mol. The van der Waals surface area contributed by atoms with Crippen LogP contribution in [0.3, 0.4) is 0 Å². The normalized spacial score (nSPS) is 19.4. The third-order valence-corrected chi connectivity index (χ3v) is 6.05. The Morgan fingerprint density at radius 2 is 2.19 bits per heavy atom. The zero-order valence-corrected chi connectivity index (χ0v) is 16.8. The number of aromatic nitrogens is 1. The van der Waals surface area contributed by atoms with Crippen LogP contribution < -0.4 is 21.1 Å². The molecule has 27 heavy (non-hydrogen) atoms. The summed E-state index contributed by atoms with van der Waals surface area (Å²) in [7, 11) is 4.56. The Labute approximate surface area is 162 Å². The molecular formula is C17H20N5O3PS. The molecule has 0 radical (unpaired) electrons. The van der Waals surface area contributed by atoms with E-state index in [4.69, 9.17) is 10.5 Å². The van der Waals surface area contributed by atoms with Crippen LogP contribution in [0.25, 0.3) is 0 Å². The quantitative estimate of drug-likeness (QED) is 0.732. The highest BCUT2D eigenvalue weighted by Crippen LogP contribution is 2.25. The van der Waals surface area contributed by atoms with Crippen molar-refractivity contribution in [2.24, 2.45) is 10.7 Å². The second kappa shape index (κ2) is 8.02. The van der Waals surface area contributed by atoms with E-state index in [1.165, 1.54) is 17.6 Å². The lowest BCUT2D eigenvalue weighted by atomic mass is 10.1. The summed E-state index contributed by atoms with van der Waals surface area (Å²) in [6.07, 6.45) is 1.48. The Morgan fingerprint density at radius 3 is 2.81 bits per heavy atom. The van der Waals surface area contributed by atoms with Crippen molar-refractivity contribution in [1.82, 2.24) is 9.29 Å². The number of hydrogen-bond acceptors (Lipinski definition) is 6. The van der Waals surface area contributed by atoms with Gasteiger partial charge in [0.15, 0.2) is 0 Å². The number of rotatable bonds is 4. The number of nitrogens with two attached hydrogens (primary N) is 1. The van der Waals surface area contributed by atoms with Crippen molar-refractivity contribution in [3.8, 4) is 5.75 Å². The average molecular weight is 405 g/mol. The number of amides is 1. The summed E-state index contributed by atoms with van der Waals surface area (Å²) < 4.78 is 18.7. The van der Waals surface area contributed by atoms with Gasteiger partial charge in [-0.1, -0.05) is 6.07 Å². The number of guanidine groups is 1. The second-order valence-electron chi connectivity index (χ2n) is 5.87. The van der Waals surface area contributed by atoms with E-state index in [-0.39, 0.29) is 23.6 Å². The summed E-state index contributed by atoms with van der Waals surface area (Å²) in [5.41, 5.74) is 7.56. The van der Waals surface area contributed by atoms with Crippen LogP contribution in [0.2, 0.25) is 0 Å². The van der Waals surface area contributed by atoms with Crippen LogP contribution in [0.1, 0.15) is 22.1 Å². The molecule has 1 aromatic carbocycles. The maximum atomic E-state index is 12.4. The van der Waals surface area contributed by atoms with Crippen LogP contribution in [0.15, 0.2) is 41.5 Å². The van der Waals surface area contributed by atoms with Crippen molar-refractivity contribution in [2.75, 3.05) is 25.2 Å². The van der Waals surface area contributed by atoms with Gasteiger partial charge in [-0.05, 0) is 35.1 Å². The van der Waals surface area contributed by atoms with Crippen LogP contribution in [0.5, 0.6) is 5.75 Å². The molecule has 142 valence electrons. The number of aliphatic imine (C=N–C) groups is 1. The van der Waals surface area contributed by atoms with Gasteiger partial charge in [-0.15, -0.1) is 9.24 Å². The molecule has 2 heterocycles. The van der Waals surface area contributed by atoms with Crippen molar-refractivity contribution in [3.63, 3.8) is 0 Å². The molecule has 1 aromatic heterocycles. The number of anilines is 1. The lowest BCUT2D eigenvalue weighted by molar-refractivity contribution is 0.102. The fraction of sp³-hybridized carbons (Fsp3) is 0.235. The Balaban J connectivity index is 1.83. The van der Waals surface area contributed by atoms with E-state index in [1.54, 1.807) is 25.2 Å². The summed E-state index contributed by atoms with van der Waals surface area (Å²) in [5, 5.41) is 3.72. The first-order valence-electron chi connectivity index (χ1n) is 8.05. The van der Waals surface area contributed by atoms with Gasteiger partial charge in [0.2, 0.25) is 5.96 Å². The first kappa shape index (κ1) is 19.3. The molecule has 1 aliphatic heterocycles. The Bertz CT molecular complexity index is 919. The minimum Gasteiger partial charge on any atom is -0.495 e. The van der Waals surface area contributed by atoms with E-state index in [2.05, 4.69) is 24.5 Å². The molecule has 0 spiro atoms. The van der Waals surface area contributed by atoms with Crippen molar-refractivity contribution < 1.29 is 13.7 Å². The van der Waals surface area contributed by atoms with Gasteiger partial charge in [-0.2, -0.15) is 0 Å². The molecule has 1 aliphatic rings. The minimum absolute atomic E-state index is 0.228. The van der Waals surface area contributed by atoms with E-state index >= 15 is 0 Å². The number of carbonyl (C=O) groups excluding carboxylic acids is 1. The SMILES string of the molecule is COc1ccc(C(=O)Nc2ccc(P)c(C3CS(=O)N(C)C(N)=N3)c2)nc1. The molecule has 0 saturated carbocycles. The third kappa shape index (κ3) is 4.26. The Morgan fingerprint density at radius 1 is 1.41 bits per heavy atom. The minimum atomic E-state index is -1.25. The van der Waals surface area contributed by atoms with Gasteiger partial charge in [0.25, 0.3) is 5.91 Å². The van der Waals surface area contributed by atoms with Gasteiger partial charge >= 0.3 is 0 Å². The number of nitrogens with one attached hydrogen (secondary N) is 1. The third-order valence-electron chi connectivity index (χ3n) is 4.12. The van der Waals surface area contributed by atoms with Crippen LogP contribution in [-0.4, -0.2) is 45.3 Å². The van der Waals surface area contributed by atoms with Gasteiger partial charge < -0.3 is 15.8 Å². The van der Waals surface area contributed by atoms with E-state index in [9.17, 15) is 9.00 Å². The van der Waals surface area contributed by atoms with Crippen molar-refractivity contribution in [2.45, 2.75) is 6.04 Å². The van der Waals surface area contributed by atoms with Gasteiger partial charge in [0, 0.05) is 12.7 Å². The topological polar surface area (TPSA) is 110 Å². The van der Waals surface area contributed by atoms with Crippen LogP contribution in [0, 0.1) is 0 Å². The molecule has 1 amide bonds. The average Bonchev–Trinajstić information content (AvgIpc) is 2.67. The highest BCUT2D eigenvalue weighted by atomic mass is 32.2. The summed E-state index contributed by atoms with van der Waals surface area (Å²) >= 11 is 0. The molecule has 0 saturated heterocycles. The predicted molar refractivity (Wildman–Crippen MR) is 110 cm³/mol. The number of hydrogen-bond donors (Lipinski definition) is 2. The molecule has 8 nitrogen and oxygen atoms in total. The van der Waals surface area contributed by atoms with Crippen molar-refractivity contribution in [3.05, 3.63) is 47.8 Å². The standard InChI is InChI=1S/C17H20N5O3PS/c1-22-17(18)21-14(9-27(22)24)12-7-10(3-6-15(12)26)20-16(23)13-5-4-11(25-2)8-19-13/h3-8,14H,9,26H2,1-2H3,(H2,18,21)(H,20,23). The summed E-state index contributed by atoms with van der Waals surface area (Å²) in [5.74, 6) is 0.795. The first-order valence-corrected chi connectivity index (χ1v) is 9.90. The van der Waals surface area contributed by atoms with Gasteiger partial charge in [-0.3, -0.25) is 9.10 Å². The maximum absolute atomic E-state index is 12.4. The summed E-state index contributed by atoms with van der Waals surface area (Å²) in [6.45, 7) is 0. The lowest BCUT2D eigenvalue weighted by Gasteiger charge is -2.27. The number of nitrogens with zero attached hydrogens (tertiary/aromatic N) is 3. The molecule has 3 N–H and O–H groups in total. The van der Waals surface area contributed by atoms with Crippen molar-refractivity contribution in [1.29, 1.82) is 0 Å². The van der Waals surface area contributed by atoms with E-state index < -0.39 is 11.0 Å². The number of pyridine rings is 1. The van der Waals surface area contributed by atoms with Crippen molar-refractivity contribution >= 4 is 43.1 Å². The molecule has 0 bridgehead atoms. The molecule has 10 heteroatoms. The highest BCUT2D eigenvalue weighted by Gasteiger charge is 2.26. The first-order chi connectivity index (χ1) is 12.9. The largest absolute Gasteiger partial charge is 0.495 e. The number of ether oxygens (including phenoxy) is 1. The van der Waals surface area contributed by atoms with E-state index in [1.807, 2.05) is 12.1 Å². The van der Waals surface area contributed by atoms with Crippen LogP contribution >= 0.6 is 9.24 Å². The molecule has 0 fully saturated rings. The smallest absolute Gasteiger partial charge is 0.274 e. The fourth-order valence-corrected chi connectivity index (χ4v) is 3.94. The summed E-state index contributed by atoms with van der Waals surface area (Å²) in [6, 6.07) is 8.36. The lowest BCUT2D eigenvalue weighted by Crippen LogP contribution is -2.41. The molecule has 3 unspecified atom stereocenters. The number of carbonyl (C=O) groups is 1. The van der Waals surface area contributed by atoms with Gasteiger partial charge in [-0.25, -0.2) is 14.2 Å². The zero-order chi connectivity index (χ0) is 19.6. The highest BCUT2D eigenvalue weighted by molar-refractivity contribution is 7.83. The van der Waals surface area contributed by atoms with E-state index in [0.717, 1.165) is 10.9 Å². The fourth-order valence-electron chi connectivity index (χ4n) is 2.56. The van der Waals surface area contributed by atoms with Crippen LogP contribution in [-0.2, 0) is 11.0 Å². The van der Waals surface area contributed by atoms with Gasteiger partial charge in [0.05, 0.1) is 25.1 Å². The van der Waals surface area contributed by atoms with E-state index in [0.29, 0.717) is 17.2 Å². The monoisotopic (exact) mass is 405 g/mol. The van der Waals surface area contributed by atoms with Crippen LogP contribution in [0.4, 0.5) is 5.69 Å². The molecule has 0 aliphatic carbocycles. The second-order valence-corrected chi connectivity index (χ2v) is 8.02. The zero-order valence-electron chi connectivity index (χ0n) is 14.9. The molecule has 3 atom stereocenters. The Hall–Kier alpha value is -2.51. The predicted octanol–water partition coefficient (Wildman–Crippen LogP) is 0.808. The Kier molecular flexibility index (Phi) is 5.72. The summed E-state index contributed by atoms with van der Waals surface area (Å²) in [4.78, 5) is 20.9. The molecule has 2 aromatic rings. The number of benzene rings is 1. The number of methoxy groups -OCH3 is 1.